The van der Waals surface area contributed by atoms with E-state index in [1.165, 1.54) is 18.4 Å². The Bertz CT molecular complexity index is 423. The third kappa shape index (κ3) is 2.01. The largest absolute Gasteiger partial charge is 0.294 e. The molecule has 0 saturated carbocycles. The zero-order valence-electron chi connectivity index (χ0n) is 9.85. The number of carbonyl (C=O) groups is 1. The van der Waals surface area contributed by atoms with E-state index in [1.54, 1.807) is 0 Å². The lowest BCUT2D eigenvalue weighted by molar-refractivity contribution is 0.0946. The van der Waals surface area contributed by atoms with Crippen molar-refractivity contribution in [3.8, 4) is 0 Å². The third-order valence-electron chi connectivity index (χ3n) is 3.27. The molecule has 0 saturated heterocycles. The van der Waals surface area contributed by atoms with Gasteiger partial charge in [0.1, 0.15) is 0 Å². The van der Waals surface area contributed by atoms with Crippen molar-refractivity contribution >= 4 is 17.4 Å². The van der Waals surface area contributed by atoms with Crippen molar-refractivity contribution in [3.05, 3.63) is 33.8 Å². The molecule has 1 aromatic carbocycles. The molecule has 1 aliphatic rings. The highest BCUT2D eigenvalue weighted by Gasteiger charge is 2.29. The van der Waals surface area contributed by atoms with Gasteiger partial charge in [-0.3, -0.25) is 4.79 Å². The number of aryl methyl sites for hydroxylation is 1. The Kier molecular flexibility index (Phi) is 3.34. The Hall–Kier alpha value is -0.820. The van der Waals surface area contributed by atoms with Gasteiger partial charge >= 0.3 is 0 Å². The van der Waals surface area contributed by atoms with Crippen LogP contribution in [0.25, 0.3) is 0 Å². The van der Waals surface area contributed by atoms with Gasteiger partial charge in [-0.2, -0.15) is 0 Å². The van der Waals surface area contributed by atoms with E-state index in [-0.39, 0.29) is 11.7 Å². The fourth-order valence-corrected chi connectivity index (χ4v) is 2.71. The predicted molar refractivity (Wildman–Crippen MR) is 67.3 cm³/mol. The predicted octanol–water partition coefficient (Wildman–Crippen LogP) is 4.06. The van der Waals surface area contributed by atoms with Gasteiger partial charge in [-0.05, 0) is 36.5 Å². The van der Waals surface area contributed by atoms with Crippen LogP contribution in [-0.4, -0.2) is 5.78 Å². The highest BCUT2D eigenvalue weighted by molar-refractivity contribution is 6.34. The summed E-state index contributed by atoms with van der Waals surface area (Å²) in [6.45, 7) is 4.16. The van der Waals surface area contributed by atoms with Crippen molar-refractivity contribution in [2.45, 2.75) is 39.5 Å². The summed E-state index contributed by atoms with van der Waals surface area (Å²) >= 11 is 6.19. The molecule has 1 atom stereocenters. The minimum Gasteiger partial charge on any atom is -0.294 e. The molecule has 16 heavy (non-hydrogen) atoms. The van der Waals surface area contributed by atoms with Crippen LogP contribution in [0.1, 0.15) is 48.2 Å². The van der Waals surface area contributed by atoms with Gasteiger partial charge in [-0.15, -0.1) is 0 Å². The molecule has 0 amide bonds. The first-order chi connectivity index (χ1) is 7.63. The number of rotatable bonds is 3. The molecule has 0 N–H and O–H groups in total. The molecule has 0 spiro atoms. The van der Waals surface area contributed by atoms with Crippen molar-refractivity contribution in [1.82, 2.24) is 0 Å². The number of benzene rings is 1. The van der Waals surface area contributed by atoms with Gasteiger partial charge < -0.3 is 0 Å². The lowest BCUT2D eigenvalue weighted by Crippen LogP contribution is -2.03. The fraction of sp³-hybridized carbons (Fsp3) is 0.500. The van der Waals surface area contributed by atoms with E-state index in [9.17, 15) is 4.79 Å². The zero-order valence-corrected chi connectivity index (χ0v) is 10.6. The molecule has 0 aliphatic heterocycles. The van der Waals surface area contributed by atoms with Gasteiger partial charge in [0.25, 0.3) is 0 Å². The van der Waals surface area contributed by atoms with Crippen molar-refractivity contribution < 1.29 is 4.79 Å². The van der Waals surface area contributed by atoms with Gasteiger partial charge in [0.15, 0.2) is 5.78 Å². The number of Topliss-reactive ketones (excluding diaryl/α,β-unsaturated/α-hetero) is 1. The molecule has 0 fully saturated rings. The molecule has 1 aliphatic carbocycles. The Labute approximate surface area is 102 Å². The Morgan fingerprint density at radius 1 is 1.44 bits per heavy atom. The third-order valence-corrected chi connectivity index (χ3v) is 3.57. The van der Waals surface area contributed by atoms with E-state index in [0.717, 1.165) is 24.0 Å². The van der Waals surface area contributed by atoms with Crippen molar-refractivity contribution in [2.75, 3.05) is 0 Å². The van der Waals surface area contributed by atoms with Crippen LogP contribution in [0.4, 0.5) is 0 Å². The normalized spacial score (nSPS) is 18.9. The molecule has 1 unspecified atom stereocenters. The Balaban J connectivity index is 2.34. The average Bonchev–Trinajstić information content (AvgIpc) is 2.52. The summed E-state index contributed by atoms with van der Waals surface area (Å²) in [6.07, 6.45) is 4.28. The standard InChI is InChI=1S/C14H17ClO/c1-3-4-5-10-7-11-6-9(2)14(16)13(11)12(15)8-10/h7-9H,3-6H2,1-2H3. The van der Waals surface area contributed by atoms with Crippen LogP contribution in [0.2, 0.25) is 5.02 Å². The van der Waals surface area contributed by atoms with Crippen molar-refractivity contribution in [1.29, 1.82) is 0 Å². The number of halogens is 1. The van der Waals surface area contributed by atoms with Crippen LogP contribution in [-0.2, 0) is 12.8 Å². The van der Waals surface area contributed by atoms with E-state index in [0.29, 0.717) is 5.02 Å². The van der Waals surface area contributed by atoms with Gasteiger partial charge in [-0.1, -0.05) is 37.9 Å². The maximum Gasteiger partial charge on any atom is 0.167 e. The van der Waals surface area contributed by atoms with E-state index in [1.807, 2.05) is 13.0 Å². The van der Waals surface area contributed by atoms with Crippen LogP contribution >= 0.6 is 11.6 Å². The maximum atomic E-state index is 11.9. The van der Waals surface area contributed by atoms with Crippen LogP contribution in [0.5, 0.6) is 0 Å². The van der Waals surface area contributed by atoms with Crippen LogP contribution in [0.15, 0.2) is 12.1 Å². The molecule has 0 radical (unpaired) electrons. The van der Waals surface area contributed by atoms with Gasteiger partial charge in [0.2, 0.25) is 0 Å². The highest BCUT2D eigenvalue weighted by atomic mass is 35.5. The fourth-order valence-electron chi connectivity index (χ4n) is 2.36. The summed E-state index contributed by atoms with van der Waals surface area (Å²) in [4.78, 5) is 11.9. The first-order valence-corrected chi connectivity index (χ1v) is 6.36. The Morgan fingerprint density at radius 3 is 2.88 bits per heavy atom. The average molecular weight is 237 g/mol. The minimum absolute atomic E-state index is 0.105. The molecule has 0 aromatic heterocycles. The number of ketones is 1. The zero-order chi connectivity index (χ0) is 11.7. The number of fused-ring (bicyclic) bond motifs is 1. The molecule has 0 bridgehead atoms. The number of hydrogen-bond acceptors (Lipinski definition) is 1. The van der Waals surface area contributed by atoms with E-state index in [4.69, 9.17) is 11.6 Å². The van der Waals surface area contributed by atoms with E-state index in [2.05, 4.69) is 13.0 Å². The molecular weight excluding hydrogens is 220 g/mol. The summed E-state index contributed by atoms with van der Waals surface area (Å²) in [6, 6.07) is 4.13. The Morgan fingerprint density at radius 2 is 2.19 bits per heavy atom. The van der Waals surface area contributed by atoms with Gasteiger partial charge in [0.05, 0.1) is 5.02 Å². The number of unbranched alkanes of at least 4 members (excludes halogenated alkanes) is 1. The SMILES string of the molecule is CCCCc1cc(Cl)c2c(c1)CC(C)C2=O. The van der Waals surface area contributed by atoms with Gasteiger partial charge in [0, 0.05) is 11.5 Å². The van der Waals surface area contributed by atoms with E-state index < -0.39 is 0 Å². The molecule has 0 heterocycles. The molecule has 2 rings (SSSR count). The van der Waals surface area contributed by atoms with Crippen LogP contribution < -0.4 is 0 Å². The monoisotopic (exact) mass is 236 g/mol. The lowest BCUT2D eigenvalue weighted by Gasteiger charge is -2.06. The minimum atomic E-state index is 0.105. The van der Waals surface area contributed by atoms with Gasteiger partial charge in [-0.25, -0.2) is 0 Å². The smallest absolute Gasteiger partial charge is 0.167 e. The molecule has 1 aromatic rings. The molecular formula is C14H17ClO. The van der Waals surface area contributed by atoms with Crippen molar-refractivity contribution in [3.63, 3.8) is 0 Å². The maximum absolute atomic E-state index is 11.9. The van der Waals surface area contributed by atoms with Crippen LogP contribution in [0, 0.1) is 5.92 Å². The molecule has 1 nitrogen and oxygen atoms in total. The topological polar surface area (TPSA) is 17.1 Å². The molecule has 86 valence electrons. The second-order valence-electron chi connectivity index (χ2n) is 4.68. The summed E-state index contributed by atoms with van der Waals surface area (Å²) in [5.41, 5.74) is 3.19. The summed E-state index contributed by atoms with van der Waals surface area (Å²) < 4.78 is 0. The van der Waals surface area contributed by atoms with Crippen molar-refractivity contribution in [2.24, 2.45) is 5.92 Å². The first kappa shape index (κ1) is 11.7. The second-order valence-corrected chi connectivity index (χ2v) is 5.09. The summed E-state index contributed by atoms with van der Waals surface area (Å²) in [5, 5.41) is 0.651. The van der Waals surface area contributed by atoms with Crippen LogP contribution in [0.3, 0.4) is 0 Å². The summed E-state index contributed by atoms with van der Waals surface area (Å²) in [5.74, 6) is 0.316. The summed E-state index contributed by atoms with van der Waals surface area (Å²) in [7, 11) is 0. The number of carbonyl (C=O) groups excluding carboxylic acids is 1. The first-order valence-electron chi connectivity index (χ1n) is 5.99. The lowest BCUT2D eigenvalue weighted by atomic mass is 10.0. The highest BCUT2D eigenvalue weighted by Crippen LogP contribution is 2.33. The molecule has 2 heteroatoms. The number of hydrogen-bond donors (Lipinski definition) is 0. The van der Waals surface area contributed by atoms with E-state index >= 15 is 0 Å². The quantitative estimate of drug-likeness (QED) is 0.774. The second kappa shape index (κ2) is 4.58.